The molecule has 0 spiro atoms. The fourth-order valence-corrected chi connectivity index (χ4v) is 1.67. The van der Waals surface area contributed by atoms with E-state index >= 15 is 0 Å². The number of hydrogen-bond acceptors (Lipinski definition) is 2. The molecule has 1 aliphatic rings. The van der Waals surface area contributed by atoms with E-state index in [9.17, 15) is 4.79 Å². The lowest BCUT2D eigenvalue weighted by molar-refractivity contribution is -0.113. The van der Waals surface area contributed by atoms with Crippen LogP contribution in [0.15, 0.2) is 28.9 Å². The van der Waals surface area contributed by atoms with E-state index in [1.165, 1.54) is 0 Å². The van der Waals surface area contributed by atoms with Crippen LogP contribution in [0.5, 0.6) is 0 Å². The average molecular weight is 302 g/mol. The normalized spacial score (nSPS) is 14.6. The van der Waals surface area contributed by atoms with Crippen LogP contribution < -0.4 is 5.32 Å². The maximum atomic E-state index is 11.7. The molecule has 1 aliphatic carbocycles. The van der Waals surface area contributed by atoms with Gasteiger partial charge in [0.05, 0.1) is 9.50 Å². The Morgan fingerprint density at radius 3 is 2.88 bits per heavy atom. The molecule has 84 valence electrons. The minimum absolute atomic E-state index is 0.173. The van der Waals surface area contributed by atoms with Crippen LogP contribution in [0.2, 0.25) is 5.02 Å². The van der Waals surface area contributed by atoms with Crippen LogP contribution in [0.4, 0.5) is 5.82 Å². The molecule has 0 atom stereocenters. The lowest BCUT2D eigenvalue weighted by Gasteiger charge is -2.06. The highest BCUT2D eigenvalue weighted by Gasteiger charge is 2.28. The van der Waals surface area contributed by atoms with Crippen molar-refractivity contribution in [3.63, 3.8) is 0 Å². The van der Waals surface area contributed by atoms with Gasteiger partial charge in [-0.25, -0.2) is 4.98 Å². The number of aromatic nitrogens is 1. The van der Waals surface area contributed by atoms with Crippen molar-refractivity contribution >= 4 is 39.3 Å². The summed E-state index contributed by atoms with van der Waals surface area (Å²) in [6.45, 7) is 3.77. The van der Waals surface area contributed by atoms with Crippen LogP contribution in [0.25, 0.3) is 0 Å². The molecule has 2 rings (SSSR count). The van der Waals surface area contributed by atoms with Crippen LogP contribution in [0.1, 0.15) is 12.8 Å². The van der Waals surface area contributed by atoms with Gasteiger partial charge in [0.25, 0.3) is 5.91 Å². The van der Waals surface area contributed by atoms with Gasteiger partial charge in [-0.3, -0.25) is 4.79 Å². The molecule has 1 saturated carbocycles. The fraction of sp³-hybridized carbons (Fsp3) is 0.273. The summed E-state index contributed by atoms with van der Waals surface area (Å²) in [5.74, 6) is 0.624. The number of pyridine rings is 1. The van der Waals surface area contributed by atoms with E-state index in [0.29, 0.717) is 26.8 Å². The van der Waals surface area contributed by atoms with Gasteiger partial charge in [-0.05, 0) is 34.7 Å². The second kappa shape index (κ2) is 4.55. The number of hydrogen-bond donors (Lipinski definition) is 1. The summed E-state index contributed by atoms with van der Waals surface area (Å²) >= 11 is 9.12. The fourth-order valence-electron chi connectivity index (χ4n) is 1.30. The molecular weight excluding hydrogens is 291 g/mol. The van der Waals surface area contributed by atoms with Gasteiger partial charge < -0.3 is 5.32 Å². The summed E-state index contributed by atoms with van der Waals surface area (Å²) < 4.78 is 0.702. The zero-order valence-corrected chi connectivity index (χ0v) is 10.8. The van der Waals surface area contributed by atoms with Crippen molar-refractivity contribution in [1.29, 1.82) is 0 Å². The smallest absolute Gasteiger partial charge is 0.252 e. The number of nitrogens with one attached hydrogen (secondary N) is 1. The molecule has 0 aliphatic heterocycles. The highest BCUT2D eigenvalue weighted by atomic mass is 79.9. The molecule has 0 saturated heterocycles. The Balaban J connectivity index is 2.05. The third-order valence-corrected chi connectivity index (χ3v) is 3.58. The van der Waals surface area contributed by atoms with Gasteiger partial charge in [-0.2, -0.15) is 0 Å². The van der Waals surface area contributed by atoms with E-state index in [-0.39, 0.29) is 5.91 Å². The number of amides is 1. The topological polar surface area (TPSA) is 42.0 Å². The monoisotopic (exact) mass is 300 g/mol. The molecule has 0 bridgehead atoms. The van der Waals surface area contributed by atoms with Crippen LogP contribution in [0, 0.1) is 5.92 Å². The molecule has 0 unspecified atom stereocenters. The van der Waals surface area contributed by atoms with Gasteiger partial charge in [-0.15, -0.1) is 0 Å². The molecule has 0 radical (unpaired) electrons. The van der Waals surface area contributed by atoms with E-state index in [4.69, 9.17) is 11.6 Å². The minimum atomic E-state index is -0.173. The maximum Gasteiger partial charge on any atom is 0.252 e. The Kier molecular flexibility index (Phi) is 3.30. The molecule has 0 aromatic carbocycles. The Morgan fingerprint density at radius 1 is 1.62 bits per heavy atom. The Morgan fingerprint density at radius 2 is 2.31 bits per heavy atom. The van der Waals surface area contributed by atoms with E-state index in [2.05, 4.69) is 32.8 Å². The minimum Gasteiger partial charge on any atom is -0.307 e. The lowest BCUT2D eigenvalue weighted by Crippen LogP contribution is -2.15. The SMILES string of the molecule is C=C(C(=O)Nc1cc(Cl)c(Br)cn1)C1CC1. The summed E-state index contributed by atoms with van der Waals surface area (Å²) in [6.07, 6.45) is 3.67. The summed E-state index contributed by atoms with van der Waals surface area (Å²) in [4.78, 5) is 15.7. The van der Waals surface area contributed by atoms with E-state index < -0.39 is 0 Å². The van der Waals surface area contributed by atoms with E-state index in [1.807, 2.05) is 0 Å². The first-order valence-electron chi connectivity index (χ1n) is 4.89. The number of anilines is 1. The number of nitrogens with zero attached hydrogens (tertiary/aromatic N) is 1. The Hall–Kier alpha value is -0.870. The highest BCUT2D eigenvalue weighted by Crippen LogP contribution is 2.36. The second-order valence-electron chi connectivity index (χ2n) is 3.74. The third-order valence-electron chi connectivity index (χ3n) is 2.41. The molecule has 1 heterocycles. The predicted molar refractivity (Wildman–Crippen MR) is 67.4 cm³/mol. The summed E-state index contributed by atoms with van der Waals surface area (Å²) in [5, 5.41) is 3.19. The summed E-state index contributed by atoms with van der Waals surface area (Å²) in [5.41, 5.74) is 0.626. The van der Waals surface area contributed by atoms with Crippen LogP contribution in [-0.4, -0.2) is 10.9 Å². The van der Waals surface area contributed by atoms with Gasteiger partial charge in [0.1, 0.15) is 5.82 Å². The zero-order valence-electron chi connectivity index (χ0n) is 8.46. The van der Waals surface area contributed by atoms with Gasteiger partial charge in [0, 0.05) is 17.8 Å². The Labute approximate surface area is 107 Å². The van der Waals surface area contributed by atoms with Crippen molar-refractivity contribution in [2.24, 2.45) is 5.92 Å². The largest absolute Gasteiger partial charge is 0.307 e. The maximum absolute atomic E-state index is 11.7. The van der Waals surface area contributed by atoms with E-state index in [0.717, 1.165) is 12.8 Å². The molecule has 5 heteroatoms. The average Bonchev–Trinajstić information content (AvgIpc) is 3.06. The second-order valence-corrected chi connectivity index (χ2v) is 5.00. The zero-order chi connectivity index (χ0) is 11.7. The molecule has 1 amide bonds. The molecule has 16 heavy (non-hydrogen) atoms. The van der Waals surface area contributed by atoms with Crippen molar-refractivity contribution in [3.05, 3.63) is 33.9 Å². The Bertz CT molecular complexity index is 457. The van der Waals surface area contributed by atoms with Gasteiger partial charge >= 0.3 is 0 Å². The first-order valence-corrected chi connectivity index (χ1v) is 6.06. The van der Waals surface area contributed by atoms with Crippen molar-refractivity contribution in [3.8, 4) is 0 Å². The van der Waals surface area contributed by atoms with Crippen molar-refractivity contribution in [2.75, 3.05) is 5.32 Å². The molecular formula is C11H10BrClN2O. The number of carbonyl (C=O) groups is 1. The number of rotatable bonds is 3. The summed E-state index contributed by atoms with van der Waals surface area (Å²) in [6, 6.07) is 1.60. The first kappa shape index (κ1) is 11.6. The van der Waals surface area contributed by atoms with Gasteiger partial charge in [-0.1, -0.05) is 18.2 Å². The quantitative estimate of drug-likeness (QED) is 0.869. The molecule has 1 N–H and O–H groups in total. The molecule has 3 nitrogen and oxygen atoms in total. The lowest BCUT2D eigenvalue weighted by atomic mass is 10.2. The summed E-state index contributed by atoms with van der Waals surface area (Å²) in [7, 11) is 0. The highest BCUT2D eigenvalue weighted by molar-refractivity contribution is 9.10. The number of halogens is 2. The molecule has 1 aromatic heterocycles. The van der Waals surface area contributed by atoms with Gasteiger partial charge in [0.2, 0.25) is 0 Å². The predicted octanol–water partition coefficient (Wildman–Crippen LogP) is 3.40. The van der Waals surface area contributed by atoms with Crippen LogP contribution >= 0.6 is 27.5 Å². The van der Waals surface area contributed by atoms with Crippen molar-refractivity contribution < 1.29 is 4.79 Å². The molecule has 1 fully saturated rings. The van der Waals surface area contributed by atoms with Gasteiger partial charge in [0.15, 0.2) is 0 Å². The van der Waals surface area contributed by atoms with Crippen LogP contribution in [-0.2, 0) is 4.79 Å². The standard InChI is InChI=1S/C11H10BrClN2O/c1-6(7-2-3-7)11(16)15-10-4-9(13)8(12)5-14-10/h4-5,7H,1-3H2,(H,14,15,16). The third kappa shape index (κ3) is 2.62. The first-order chi connectivity index (χ1) is 7.58. The van der Waals surface area contributed by atoms with Crippen molar-refractivity contribution in [1.82, 2.24) is 4.98 Å². The van der Waals surface area contributed by atoms with Crippen molar-refractivity contribution in [2.45, 2.75) is 12.8 Å². The molecule has 1 aromatic rings. The van der Waals surface area contributed by atoms with Crippen LogP contribution in [0.3, 0.4) is 0 Å². The number of carbonyl (C=O) groups excluding carboxylic acids is 1. The van der Waals surface area contributed by atoms with E-state index in [1.54, 1.807) is 12.3 Å².